The first-order valence-corrected chi connectivity index (χ1v) is 5.51. The molecule has 0 spiro atoms. The van der Waals surface area contributed by atoms with Crippen LogP contribution in [-0.2, 0) is 0 Å². The van der Waals surface area contributed by atoms with Gasteiger partial charge in [-0.15, -0.1) is 0 Å². The van der Waals surface area contributed by atoms with Gasteiger partial charge in [0.25, 0.3) is 0 Å². The molecule has 0 aliphatic carbocycles. The van der Waals surface area contributed by atoms with Crippen LogP contribution in [0.3, 0.4) is 0 Å². The van der Waals surface area contributed by atoms with Gasteiger partial charge in [0.15, 0.2) is 0 Å². The van der Waals surface area contributed by atoms with E-state index in [1.54, 1.807) is 12.1 Å². The molecule has 16 heavy (non-hydrogen) atoms. The van der Waals surface area contributed by atoms with E-state index in [1.165, 1.54) is 0 Å². The van der Waals surface area contributed by atoms with Crippen molar-refractivity contribution in [1.82, 2.24) is 0 Å². The highest BCUT2D eigenvalue weighted by Crippen LogP contribution is 2.31. The number of hydrogen-bond donors (Lipinski definition) is 1. The highest BCUT2D eigenvalue weighted by atomic mass is 35.5. The third-order valence-electron chi connectivity index (χ3n) is 2.50. The summed E-state index contributed by atoms with van der Waals surface area (Å²) in [4.78, 5) is 0. The molecule has 1 N–H and O–H groups in total. The van der Waals surface area contributed by atoms with Crippen molar-refractivity contribution >= 4 is 11.6 Å². The number of aryl methyl sites for hydroxylation is 2. The Morgan fingerprint density at radius 1 is 0.938 bits per heavy atom. The second-order valence-corrected chi connectivity index (χ2v) is 4.45. The highest BCUT2D eigenvalue weighted by molar-refractivity contribution is 6.33. The molecule has 0 saturated carbocycles. The standard InChI is InChI=1S/C14H13ClO/c1-9-3-4-13(14(15)7-9)11-5-10(2)6-12(16)8-11/h3-8,16H,1-2H3. The molecule has 0 bridgehead atoms. The zero-order valence-corrected chi connectivity index (χ0v) is 10.0. The van der Waals surface area contributed by atoms with Crippen LogP contribution < -0.4 is 0 Å². The molecule has 0 aliphatic rings. The van der Waals surface area contributed by atoms with Crippen molar-refractivity contribution in [2.75, 3.05) is 0 Å². The number of phenolic OH excluding ortho intramolecular Hbond substituents is 1. The lowest BCUT2D eigenvalue weighted by Gasteiger charge is -2.07. The van der Waals surface area contributed by atoms with E-state index < -0.39 is 0 Å². The smallest absolute Gasteiger partial charge is 0.116 e. The summed E-state index contributed by atoms with van der Waals surface area (Å²) < 4.78 is 0. The molecule has 2 aromatic rings. The number of aromatic hydroxyl groups is 1. The molecule has 0 amide bonds. The van der Waals surface area contributed by atoms with E-state index in [0.717, 1.165) is 22.3 Å². The number of phenols is 1. The predicted octanol–water partition coefficient (Wildman–Crippen LogP) is 4.33. The summed E-state index contributed by atoms with van der Waals surface area (Å²) in [6.45, 7) is 3.95. The molecule has 0 atom stereocenters. The second-order valence-electron chi connectivity index (χ2n) is 4.04. The fraction of sp³-hybridized carbons (Fsp3) is 0.143. The summed E-state index contributed by atoms with van der Waals surface area (Å²) in [6.07, 6.45) is 0. The summed E-state index contributed by atoms with van der Waals surface area (Å²) in [7, 11) is 0. The van der Waals surface area contributed by atoms with E-state index in [2.05, 4.69) is 0 Å². The minimum Gasteiger partial charge on any atom is -0.508 e. The van der Waals surface area contributed by atoms with E-state index in [4.69, 9.17) is 11.6 Å². The maximum absolute atomic E-state index is 9.56. The van der Waals surface area contributed by atoms with Crippen molar-refractivity contribution < 1.29 is 5.11 Å². The molecule has 2 rings (SSSR count). The fourth-order valence-electron chi connectivity index (χ4n) is 1.77. The second kappa shape index (κ2) is 4.18. The Hall–Kier alpha value is -1.47. The lowest BCUT2D eigenvalue weighted by Crippen LogP contribution is -1.83. The Balaban J connectivity index is 2.58. The molecule has 0 heterocycles. The van der Waals surface area contributed by atoms with E-state index >= 15 is 0 Å². The largest absolute Gasteiger partial charge is 0.508 e. The number of hydrogen-bond acceptors (Lipinski definition) is 1. The molecule has 0 aliphatic heterocycles. The number of benzene rings is 2. The number of rotatable bonds is 1. The van der Waals surface area contributed by atoms with E-state index in [0.29, 0.717) is 5.02 Å². The van der Waals surface area contributed by atoms with Crippen molar-refractivity contribution in [2.24, 2.45) is 0 Å². The first-order valence-electron chi connectivity index (χ1n) is 5.13. The Bertz CT molecular complexity index is 512. The van der Waals surface area contributed by atoms with Gasteiger partial charge in [-0.1, -0.05) is 29.8 Å². The topological polar surface area (TPSA) is 20.2 Å². The van der Waals surface area contributed by atoms with Crippen LogP contribution in [0.4, 0.5) is 0 Å². The van der Waals surface area contributed by atoms with Gasteiger partial charge in [0.2, 0.25) is 0 Å². The molecule has 2 aromatic carbocycles. The molecule has 2 heteroatoms. The van der Waals surface area contributed by atoms with Gasteiger partial charge in [0.1, 0.15) is 5.75 Å². The minimum atomic E-state index is 0.270. The maximum atomic E-state index is 9.56. The van der Waals surface area contributed by atoms with Crippen LogP contribution in [0.25, 0.3) is 11.1 Å². The Morgan fingerprint density at radius 3 is 2.31 bits per heavy atom. The first-order chi connectivity index (χ1) is 7.56. The quantitative estimate of drug-likeness (QED) is 0.776. The van der Waals surface area contributed by atoms with Crippen LogP contribution in [0, 0.1) is 13.8 Å². The van der Waals surface area contributed by atoms with Gasteiger partial charge >= 0.3 is 0 Å². The summed E-state index contributed by atoms with van der Waals surface area (Å²) in [5, 5.41) is 10.3. The van der Waals surface area contributed by atoms with Crippen molar-refractivity contribution in [3.8, 4) is 16.9 Å². The van der Waals surface area contributed by atoms with E-state index in [9.17, 15) is 5.11 Å². The zero-order valence-electron chi connectivity index (χ0n) is 9.29. The van der Waals surface area contributed by atoms with Crippen LogP contribution in [0.1, 0.15) is 11.1 Å². The van der Waals surface area contributed by atoms with Gasteiger partial charge in [-0.2, -0.15) is 0 Å². The zero-order chi connectivity index (χ0) is 11.7. The van der Waals surface area contributed by atoms with E-state index in [1.807, 2.05) is 38.1 Å². The van der Waals surface area contributed by atoms with E-state index in [-0.39, 0.29) is 5.75 Å². The molecule has 0 fully saturated rings. The normalized spacial score (nSPS) is 10.4. The van der Waals surface area contributed by atoms with Gasteiger partial charge in [0.05, 0.1) is 0 Å². The van der Waals surface area contributed by atoms with Gasteiger partial charge in [-0.25, -0.2) is 0 Å². The van der Waals surface area contributed by atoms with Crippen LogP contribution in [0.5, 0.6) is 5.75 Å². The summed E-state index contributed by atoms with van der Waals surface area (Å²) in [5.41, 5.74) is 4.05. The van der Waals surface area contributed by atoms with Crippen LogP contribution >= 0.6 is 11.6 Å². The molecular formula is C14H13ClO. The van der Waals surface area contributed by atoms with Gasteiger partial charge < -0.3 is 5.11 Å². The summed E-state index contributed by atoms with van der Waals surface area (Å²) in [5.74, 6) is 0.270. The lowest BCUT2D eigenvalue weighted by atomic mass is 10.0. The van der Waals surface area contributed by atoms with Gasteiger partial charge in [0, 0.05) is 10.6 Å². The molecule has 82 valence electrons. The van der Waals surface area contributed by atoms with Gasteiger partial charge in [-0.05, 0) is 48.7 Å². The Labute approximate surface area is 100 Å². The van der Waals surface area contributed by atoms with Crippen LogP contribution in [0.15, 0.2) is 36.4 Å². The van der Waals surface area contributed by atoms with Crippen molar-refractivity contribution in [3.63, 3.8) is 0 Å². The van der Waals surface area contributed by atoms with Crippen LogP contribution in [0.2, 0.25) is 5.02 Å². The van der Waals surface area contributed by atoms with Crippen molar-refractivity contribution in [2.45, 2.75) is 13.8 Å². The third-order valence-corrected chi connectivity index (χ3v) is 2.81. The lowest BCUT2D eigenvalue weighted by molar-refractivity contribution is 0.475. The fourth-order valence-corrected chi connectivity index (χ4v) is 2.12. The molecule has 0 radical (unpaired) electrons. The third kappa shape index (κ3) is 2.20. The summed E-state index contributed by atoms with van der Waals surface area (Å²) in [6, 6.07) is 11.4. The van der Waals surface area contributed by atoms with Gasteiger partial charge in [-0.3, -0.25) is 0 Å². The Kier molecular flexibility index (Phi) is 2.88. The monoisotopic (exact) mass is 232 g/mol. The molecule has 0 aromatic heterocycles. The Morgan fingerprint density at radius 2 is 1.69 bits per heavy atom. The van der Waals surface area contributed by atoms with Crippen LogP contribution in [-0.4, -0.2) is 5.11 Å². The average molecular weight is 233 g/mol. The van der Waals surface area contributed by atoms with Crippen molar-refractivity contribution in [1.29, 1.82) is 0 Å². The predicted molar refractivity (Wildman–Crippen MR) is 68.0 cm³/mol. The highest BCUT2D eigenvalue weighted by Gasteiger charge is 2.05. The minimum absolute atomic E-state index is 0.270. The molecule has 1 nitrogen and oxygen atoms in total. The SMILES string of the molecule is Cc1cc(O)cc(-c2ccc(C)cc2Cl)c1. The maximum Gasteiger partial charge on any atom is 0.116 e. The number of halogens is 1. The first kappa shape index (κ1) is 11.0. The molecular weight excluding hydrogens is 220 g/mol. The molecule has 0 saturated heterocycles. The van der Waals surface area contributed by atoms with Crippen molar-refractivity contribution in [3.05, 3.63) is 52.5 Å². The molecule has 0 unspecified atom stereocenters. The summed E-state index contributed by atoms with van der Waals surface area (Å²) >= 11 is 6.19. The average Bonchev–Trinajstić information content (AvgIpc) is 2.15.